The second-order valence-electron chi connectivity index (χ2n) is 6.60. The van der Waals surface area contributed by atoms with E-state index in [4.69, 9.17) is 4.74 Å². The Morgan fingerprint density at radius 1 is 1.05 bits per heavy atom. The first kappa shape index (κ1) is 16.5. The summed E-state index contributed by atoms with van der Waals surface area (Å²) in [5.41, 5.74) is 2.12. The van der Waals surface area contributed by atoms with E-state index in [1.165, 1.54) is 0 Å². The highest BCUT2D eigenvalue weighted by atomic mass is 28.3. The molecule has 0 aromatic heterocycles. The van der Waals surface area contributed by atoms with Gasteiger partial charge in [0.2, 0.25) is 0 Å². The maximum absolute atomic E-state index is 11.1. The van der Waals surface area contributed by atoms with Crippen LogP contribution in [0.5, 0.6) is 0 Å². The average molecular weight is 286 g/mol. The molecule has 1 saturated heterocycles. The van der Waals surface area contributed by atoms with Gasteiger partial charge in [-0.15, -0.1) is 0 Å². The molecule has 0 aliphatic carbocycles. The zero-order valence-corrected chi connectivity index (χ0v) is 14.2. The maximum atomic E-state index is 11.1. The first-order valence-corrected chi connectivity index (χ1v) is 9.87. The van der Waals surface area contributed by atoms with Crippen LogP contribution in [0, 0.1) is 0 Å². The van der Waals surface area contributed by atoms with Crippen LogP contribution in [0.4, 0.5) is 4.79 Å². The predicted molar refractivity (Wildman–Crippen MR) is 82.2 cm³/mol. The van der Waals surface area contributed by atoms with Crippen molar-refractivity contribution in [3.63, 3.8) is 0 Å². The van der Waals surface area contributed by atoms with E-state index in [0.29, 0.717) is 29.7 Å². The van der Waals surface area contributed by atoms with E-state index in [1.54, 1.807) is 0 Å². The Balaban J connectivity index is 2.65. The van der Waals surface area contributed by atoms with Crippen molar-refractivity contribution < 1.29 is 9.53 Å². The molecule has 1 rings (SSSR count). The van der Waals surface area contributed by atoms with Gasteiger partial charge in [0, 0.05) is 19.3 Å². The van der Waals surface area contributed by atoms with Crippen LogP contribution in [0.1, 0.15) is 41.5 Å². The van der Waals surface area contributed by atoms with Crippen molar-refractivity contribution in [2.45, 2.75) is 64.3 Å². The Hall–Kier alpha value is -0.553. The number of carbonyl (C=O) groups is 1. The number of hydrogen-bond donors (Lipinski definition) is 2. The monoisotopic (exact) mass is 286 g/mol. The summed E-state index contributed by atoms with van der Waals surface area (Å²) < 4.78 is 6.17. The van der Waals surface area contributed by atoms with Crippen LogP contribution in [0.2, 0.25) is 16.6 Å². The molecule has 1 fully saturated rings. The third-order valence-corrected chi connectivity index (χ3v) is 11.9. The van der Waals surface area contributed by atoms with Gasteiger partial charge in [0.1, 0.15) is 0 Å². The fraction of sp³-hybridized carbons (Fsp3) is 0.929. The molecule has 0 radical (unpaired) electrons. The lowest BCUT2D eigenvalue weighted by Crippen LogP contribution is -2.55. The molecule has 2 N–H and O–H groups in total. The fourth-order valence-corrected chi connectivity index (χ4v) is 8.95. The number of rotatable bonds is 6. The van der Waals surface area contributed by atoms with Crippen molar-refractivity contribution in [1.82, 2.24) is 10.6 Å². The van der Waals surface area contributed by atoms with Crippen LogP contribution in [0.3, 0.4) is 0 Å². The number of nitrogens with one attached hydrogen (secondary N) is 2. The van der Waals surface area contributed by atoms with E-state index in [2.05, 4.69) is 52.2 Å². The molecule has 1 aliphatic rings. The molecule has 2 amide bonds. The highest BCUT2D eigenvalue weighted by Crippen LogP contribution is 2.41. The number of carbonyl (C=O) groups excluding carboxylic acids is 1. The lowest BCUT2D eigenvalue weighted by atomic mass is 10.3. The zero-order chi connectivity index (χ0) is 14.6. The zero-order valence-electron chi connectivity index (χ0n) is 13.2. The molecule has 0 atom stereocenters. The van der Waals surface area contributed by atoms with Crippen molar-refractivity contribution in [3.8, 4) is 0 Å². The van der Waals surface area contributed by atoms with Gasteiger partial charge in [0.25, 0.3) is 0 Å². The van der Waals surface area contributed by atoms with Gasteiger partial charge < -0.3 is 15.4 Å². The molecule has 0 aromatic rings. The summed E-state index contributed by atoms with van der Waals surface area (Å²) in [7, 11) is -1.49. The summed E-state index contributed by atoms with van der Waals surface area (Å²) in [5, 5.41) is 5.59. The summed E-state index contributed by atoms with van der Waals surface area (Å²) in [6.07, 6.45) is 1.00. The topological polar surface area (TPSA) is 50.4 Å². The van der Waals surface area contributed by atoms with Crippen LogP contribution in [-0.2, 0) is 4.74 Å². The first-order chi connectivity index (χ1) is 8.80. The highest BCUT2D eigenvalue weighted by molar-refractivity contribution is 6.83. The Morgan fingerprint density at radius 2 is 1.47 bits per heavy atom. The number of amides is 2. The van der Waals surface area contributed by atoms with Crippen molar-refractivity contribution in [2.75, 3.05) is 19.3 Å². The van der Waals surface area contributed by atoms with Gasteiger partial charge in [-0.25, -0.2) is 4.79 Å². The van der Waals surface area contributed by atoms with Crippen LogP contribution in [-0.4, -0.2) is 39.5 Å². The standard InChI is InChI=1S/C14H30N2O2Si/c1-10(2)19(11(3)4,12(5)6)9-18-13-7-15-14(17)16-8-13/h10-13H,7-9H2,1-6H3,(H2,15,16,17). The molecule has 0 saturated carbocycles. The van der Waals surface area contributed by atoms with Gasteiger partial charge in [0.15, 0.2) is 0 Å². The van der Waals surface area contributed by atoms with Crippen molar-refractivity contribution in [2.24, 2.45) is 0 Å². The Bertz CT molecular complexity index is 274. The number of ether oxygens (including phenoxy) is 1. The lowest BCUT2D eigenvalue weighted by molar-refractivity contribution is 0.0738. The molecule has 1 heterocycles. The smallest absolute Gasteiger partial charge is 0.314 e. The number of hydrogen-bond acceptors (Lipinski definition) is 2. The van der Waals surface area contributed by atoms with Crippen molar-refractivity contribution in [3.05, 3.63) is 0 Å². The van der Waals surface area contributed by atoms with Crippen LogP contribution in [0.15, 0.2) is 0 Å². The lowest BCUT2D eigenvalue weighted by Gasteiger charge is -2.43. The van der Waals surface area contributed by atoms with Gasteiger partial charge in [-0.1, -0.05) is 41.5 Å². The SMILES string of the molecule is CC(C)[Si](COC1CNC(=O)NC1)(C(C)C)C(C)C. The van der Waals surface area contributed by atoms with Gasteiger partial charge >= 0.3 is 6.03 Å². The largest absolute Gasteiger partial charge is 0.378 e. The molecule has 4 nitrogen and oxygen atoms in total. The fourth-order valence-electron chi connectivity index (χ4n) is 3.43. The number of urea groups is 1. The predicted octanol–water partition coefficient (Wildman–Crippen LogP) is 2.90. The maximum Gasteiger partial charge on any atom is 0.314 e. The third kappa shape index (κ3) is 3.72. The molecule has 0 spiro atoms. The minimum atomic E-state index is -1.49. The van der Waals surface area contributed by atoms with E-state index in [0.717, 1.165) is 6.23 Å². The molecule has 0 unspecified atom stereocenters. The highest BCUT2D eigenvalue weighted by Gasteiger charge is 2.43. The molecule has 19 heavy (non-hydrogen) atoms. The van der Waals surface area contributed by atoms with E-state index in [1.807, 2.05) is 0 Å². The molecule has 0 bridgehead atoms. The third-order valence-electron chi connectivity index (χ3n) is 4.77. The van der Waals surface area contributed by atoms with E-state index < -0.39 is 8.07 Å². The van der Waals surface area contributed by atoms with Crippen LogP contribution < -0.4 is 10.6 Å². The molecular formula is C14H30N2O2Si. The van der Waals surface area contributed by atoms with E-state index in [-0.39, 0.29) is 12.1 Å². The van der Waals surface area contributed by atoms with Crippen molar-refractivity contribution >= 4 is 14.1 Å². The normalized spacial score (nSPS) is 18.1. The summed E-state index contributed by atoms with van der Waals surface area (Å²) in [6.45, 7) is 15.3. The van der Waals surface area contributed by atoms with Crippen molar-refractivity contribution in [1.29, 1.82) is 0 Å². The van der Waals surface area contributed by atoms with Crippen LogP contribution in [0.25, 0.3) is 0 Å². The Kier molecular flexibility index (Phi) is 5.86. The van der Waals surface area contributed by atoms with Gasteiger partial charge in [-0.2, -0.15) is 0 Å². The van der Waals surface area contributed by atoms with Gasteiger partial charge in [0.05, 0.1) is 14.2 Å². The second kappa shape index (κ2) is 6.75. The second-order valence-corrected chi connectivity index (χ2v) is 12.6. The molecule has 112 valence electrons. The quantitative estimate of drug-likeness (QED) is 0.738. The molecule has 1 aliphatic heterocycles. The molecule has 0 aromatic carbocycles. The first-order valence-electron chi connectivity index (χ1n) is 7.44. The minimum absolute atomic E-state index is 0.0834. The Morgan fingerprint density at radius 3 is 1.84 bits per heavy atom. The summed E-state index contributed by atoms with van der Waals surface area (Å²) in [5.74, 6) is 0. The van der Waals surface area contributed by atoms with Crippen LogP contribution >= 0.6 is 0 Å². The van der Waals surface area contributed by atoms with Gasteiger partial charge in [-0.3, -0.25) is 0 Å². The van der Waals surface area contributed by atoms with E-state index in [9.17, 15) is 4.79 Å². The Labute approximate surface area is 118 Å². The minimum Gasteiger partial charge on any atom is -0.378 e. The summed E-state index contributed by atoms with van der Waals surface area (Å²) in [4.78, 5) is 11.1. The summed E-state index contributed by atoms with van der Waals surface area (Å²) in [6, 6.07) is -0.0834. The average Bonchev–Trinajstić information content (AvgIpc) is 2.30. The molecular weight excluding hydrogens is 256 g/mol. The van der Waals surface area contributed by atoms with Gasteiger partial charge in [-0.05, 0) is 16.6 Å². The molecule has 5 heteroatoms. The summed E-state index contributed by atoms with van der Waals surface area (Å²) >= 11 is 0. The van der Waals surface area contributed by atoms with E-state index >= 15 is 0 Å².